The summed E-state index contributed by atoms with van der Waals surface area (Å²) in [6, 6.07) is -0.0527. The van der Waals surface area contributed by atoms with E-state index in [4.69, 9.17) is 4.74 Å². The number of hydrogen-bond donors (Lipinski definition) is 0. The predicted molar refractivity (Wildman–Crippen MR) is 62.7 cm³/mol. The molecule has 1 rings (SSSR count). The van der Waals surface area contributed by atoms with Crippen molar-refractivity contribution in [3.05, 3.63) is 0 Å². The summed E-state index contributed by atoms with van der Waals surface area (Å²) in [7, 11) is 1.62. The van der Waals surface area contributed by atoms with Gasteiger partial charge in [-0.15, -0.1) is 0 Å². The lowest BCUT2D eigenvalue weighted by Gasteiger charge is -2.38. The summed E-state index contributed by atoms with van der Waals surface area (Å²) in [6.45, 7) is 2.30. The van der Waals surface area contributed by atoms with Gasteiger partial charge in [0.15, 0.2) is 0 Å². The lowest BCUT2D eigenvalue weighted by atomic mass is 10.00. The monoisotopic (exact) mass is 283 g/mol. The highest BCUT2D eigenvalue weighted by molar-refractivity contribution is 5.81. The highest BCUT2D eigenvalue weighted by Gasteiger charge is 2.34. The summed E-state index contributed by atoms with van der Waals surface area (Å²) in [4.78, 5) is 13.6. The number of ether oxygens (including phenoxy) is 2. The molecule has 0 aromatic heterocycles. The quantitative estimate of drug-likeness (QED) is 0.792. The van der Waals surface area contributed by atoms with Crippen molar-refractivity contribution in [1.82, 2.24) is 4.90 Å². The van der Waals surface area contributed by atoms with Gasteiger partial charge in [-0.05, 0) is 26.7 Å². The van der Waals surface area contributed by atoms with E-state index in [0.29, 0.717) is 19.4 Å². The minimum Gasteiger partial charge on any atom is -0.381 e. The minimum atomic E-state index is -4.41. The molecular weight excluding hydrogens is 263 g/mol. The van der Waals surface area contributed by atoms with Crippen LogP contribution in [0.25, 0.3) is 0 Å². The second kappa shape index (κ2) is 6.56. The number of alkyl halides is 3. The molecule has 1 fully saturated rings. The molecular formula is C12H20F3NO3. The van der Waals surface area contributed by atoms with Gasteiger partial charge in [-0.25, -0.2) is 0 Å². The smallest absolute Gasteiger partial charge is 0.381 e. The van der Waals surface area contributed by atoms with Gasteiger partial charge in [0, 0.05) is 19.7 Å². The number of likely N-dealkylation sites (tertiary alicyclic amines) is 1. The zero-order valence-corrected chi connectivity index (χ0v) is 11.4. The van der Waals surface area contributed by atoms with E-state index in [0.717, 1.165) is 0 Å². The summed E-state index contributed by atoms with van der Waals surface area (Å²) < 4.78 is 45.9. The van der Waals surface area contributed by atoms with Crippen LogP contribution in [0.3, 0.4) is 0 Å². The summed E-state index contributed by atoms with van der Waals surface area (Å²) in [6.07, 6.45) is -4.01. The summed E-state index contributed by atoms with van der Waals surface area (Å²) in [5.41, 5.74) is 0. The Morgan fingerprint density at radius 3 is 2.58 bits per heavy atom. The fraction of sp³-hybridized carbons (Fsp3) is 0.917. The topological polar surface area (TPSA) is 38.8 Å². The Hall–Kier alpha value is -0.820. The number of carbonyl (C=O) groups excluding carboxylic acids is 1. The summed E-state index contributed by atoms with van der Waals surface area (Å²) in [5, 5.41) is 0. The van der Waals surface area contributed by atoms with Crippen LogP contribution in [0.4, 0.5) is 13.2 Å². The SMILES string of the molecule is CO[C@@H]1CCN(C(=O)[C@H](C)OCC(F)(F)F)[C@H](C)C1. The molecule has 1 heterocycles. The highest BCUT2D eigenvalue weighted by atomic mass is 19.4. The van der Waals surface area contributed by atoms with Crippen molar-refractivity contribution in [3.63, 3.8) is 0 Å². The van der Waals surface area contributed by atoms with Gasteiger partial charge in [0.05, 0.1) is 6.10 Å². The van der Waals surface area contributed by atoms with Crippen molar-refractivity contribution in [2.45, 2.75) is 51.1 Å². The van der Waals surface area contributed by atoms with Gasteiger partial charge < -0.3 is 14.4 Å². The van der Waals surface area contributed by atoms with Crippen molar-refractivity contribution >= 4 is 5.91 Å². The first-order valence-corrected chi connectivity index (χ1v) is 6.26. The third-order valence-electron chi connectivity index (χ3n) is 3.29. The van der Waals surface area contributed by atoms with Gasteiger partial charge in [-0.1, -0.05) is 0 Å². The van der Waals surface area contributed by atoms with Crippen molar-refractivity contribution in [2.75, 3.05) is 20.3 Å². The Labute approximate surface area is 110 Å². The molecule has 1 aliphatic heterocycles. The minimum absolute atomic E-state index is 0.0527. The molecule has 0 aromatic carbocycles. The number of piperidine rings is 1. The predicted octanol–water partition coefficient (Wildman–Crippen LogP) is 1.98. The second-order valence-electron chi connectivity index (χ2n) is 4.83. The molecule has 4 nitrogen and oxygen atoms in total. The van der Waals surface area contributed by atoms with Gasteiger partial charge in [0.25, 0.3) is 5.91 Å². The van der Waals surface area contributed by atoms with E-state index in [2.05, 4.69) is 4.74 Å². The molecule has 0 N–H and O–H groups in total. The second-order valence-corrected chi connectivity index (χ2v) is 4.83. The molecule has 0 bridgehead atoms. The summed E-state index contributed by atoms with van der Waals surface area (Å²) >= 11 is 0. The van der Waals surface area contributed by atoms with E-state index in [1.54, 1.807) is 12.0 Å². The molecule has 1 amide bonds. The maximum absolute atomic E-state index is 12.0. The number of rotatable bonds is 4. The van der Waals surface area contributed by atoms with Crippen molar-refractivity contribution in [1.29, 1.82) is 0 Å². The van der Waals surface area contributed by atoms with Gasteiger partial charge >= 0.3 is 6.18 Å². The van der Waals surface area contributed by atoms with Crippen LogP contribution in [0.15, 0.2) is 0 Å². The van der Waals surface area contributed by atoms with E-state index >= 15 is 0 Å². The lowest BCUT2D eigenvalue weighted by Crippen LogP contribution is -2.50. The molecule has 112 valence electrons. The molecule has 0 unspecified atom stereocenters. The van der Waals surface area contributed by atoms with E-state index < -0.39 is 24.8 Å². The molecule has 19 heavy (non-hydrogen) atoms. The number of amides is 1. The Kier molecular flexibility index (Phi) is 5.61. The standard InChI is InChI=1S/C12H20F3NO3/c1-8-6-10(18-3)4-5-16(8)11(17)9(2)19-7-12(13,14)15/h8-10H,4-7H2,1-3H3/t8-,9+,10-/m1/s1. The number of nitrogens with zero attached hydrogens (tertiary/aromatic N) is 1. The van der Waals surface area contributed by atoms with E-state index in [-0.39, 0.29) is 12.1 Å². The third kappa shape index (κ3) is 4.99. The molecule has 7 heteroatoms. The van der Waals surface area contributed by atoms with Crippen LogP contribution in [0, 0.1) is 0 Å². The average molecular weight is 283 g/mol. The fourth-order valence-corrected chi connectivity index (χ4v) is 2.19. The largest absolute Gasteiger partial charge is 0.411 e. The van der Waals surface area contributed by atoms with E-state index in [1.807, 2.05) is 6.92 Å². The van der Waals surface area contributed by atoms with Crippen LogP contribution in [0.1, 0.15) is 26.7 Å². The van der Waals surface area contributed by atoms with Crippen LogP contribution >= 0.6 is 0 Å². The lowest BCUT2D eigenvalue weighted by molar-refractivity contribution is -0.189. The molecule has 1 aliphatic rings. The van der Waals surface area contributed by atoms with Crippen molar-refractivity contribution < 1.29 is 27.4 Å². The third-order valence-corrected chi connectivity index (χ3v) is 3.29. The molecule has 0 aromatic rings. The molecule has 0 aliphatic carbocycles. The summed E-state index contributed by atoms with van der Waals surface area (Å²) in [5.74, 6) is -0.397. The highest BCUT2D eigenvalue weighted by Crippen LogP contribution is 2.21. The Morgan fingerprint density at radius 2 is 2.11 bits per heavy atom. The van der Waals surface area contributed by atoms with Crippen LogP contribution in [0.2, 0.25) is 0 Å². The van der Waals surface area contributed by atoms with Crippen LogP contribution in [0.5, 0.6) is 0 Å². The Balaban J connectivity index is 2.48. The van der Waals surface area contributed by atoms with Gasteiger partial charge in [-0.2, -0.15) is 13.2 Å². The molecule has 0 spiro atoms. The zero-order chi connectivity index (χ0) is 14.6. The molecule has 0 radical (unpaired) electrons. The maximum Gasteiger partial charge on any atom is 0.411 e. The van der Waals surface area contributed by atoms with Crippen LogP contribution in [-0.4, -0.2) is 55.5 Å². The number of carbonyl (C=O) groups is 1. The number of methoxy groups -OCH3 is 1. The van der Waals surface area contributed by atoms with Crippen molar-refractivity contribution in [2.24, 2.45) is 0 Å². The van der Waals surface area contributed by atoms with Gasteiger partial charge in [0.1, 0.15) is 12.7 Å². The molecule has 0 saturated carbocycles. The van der Waals surface area contributed by atoms with Crippen molar-refractivity contribution in [3.8, 4) is 0 Å². The van der Waals surface area contributed by atoms with Crippen LogP contribution < -0.4 is 0 Å². The first-order chi connectivity index (χ1) is 8.74. The fourth-order valence-electron chi connectivity index (χ4n) is 2.19. The maximum atomic E-state index is 12.0. The van der Waals surface area contributed by atoms with E-state index in [1.165, 1.54) is 6.92 Å². The first kappa shape index (κ1) is 16.2. The Morgan fingerprint density at radius 1 is 1.47 bits per heavy atom. The normalized spacial score (nSPS) is 26.3. The average Bonchev–Trinajstić information content (AvgIpc) is 2.34. The van der Waals surface area contributed by atoms with Gasteiger partial charge in [0.2, 0.25) is 0 Å². The molecule has 1 saturated heterocycles. The zero-order valence-electron chi connectivity index (χ0n) is 11.4. The first-order valence-electron chi connectivity index (χ1n) is 6.26. The number of hydrogen-bond acceptors (Lipinski definition) is 3. The van der Waals surface area contributed by atoms with E-state index in [9.17, 15) is 18.0 Å². The molecule has 3 atom stereocenters. The Bertz CT molecular complexity index is 309. The number of halogens is 3. The van der Waals surface area contributed by atoms with Crippen LogP contribution in [-0.2, 0) is 14.3 Å². The van der Waals surface area contributed by atoms with Gasteiger partial charge in [-0.3, -0.25) is 4.79 Å².